The fourth-order valence-electron chi connectivity index (χ4n) is 3.98. The van der Waals surface area contributed by atoms with Gasteiger partial charge in [-0.3, -0.25) is 4.79 Å². The maximum Gasteiger partial charge on any atom is 0.407 e. The van der Waals surface area contributed by atoms with Crippen LogP contribution in [0.4, 0.5) is 9.18 Å². The van der Waals surface area contributed by atoms with Crippen LogP contribution >= 0.6 is 11.6 Å². The molecule has 2 aromatic rings. The van der Waals surface area contributed by atoms with Crippen molar-refractivity contribution >= 4 is 23.7 Å². The van der Waals surface area contributed by atoms with Gasteiger partial charge in [0.25, 0.3) is 0 Å². The number of carbonyl (C=O) groups excluding carboxylic acids is 2. The summed E-state index contributed by atoms with van der Waals surface area (Å²) in [6.45, 7) is 9.13. The van der Waals surface area contributed by atoms with E-state index in [2.05, 4.69) is 10.6 Å². The van der Waals surface area contributed by atoms with Crippen LogP contribution in [0, 0.1) is 11.7 Å². The molecule has 2 rings (SSSR count). The van der Waals surface area contributed by atoms with Gasteiger partial charge in [-0.05, 0) is 82.8 Å². The van der Waals surface area contributed by atoms with Gasteiger partial charge in [0.2, 0.25) is 0 Å². The van der Waals surface area contributed by atoms with Crippen molar-refractivity contribution in [3.05, 3.63) is 58.9 Å². The molecule has 0 heterocycles. The maximum atomic E-state index is 14.3. The molecule has 0 bridgehead atoms. The van der Waals surface area contributed by atoms with Crippen LogP contribution in [0.3, 0.4) is 0 Å². The number of alkyl carbamates (subject to hydrolysis) is 1. The smallest absolute Gasteiger partial charge is 0.407 e. The summed E-state index contributed by atoms with van der Waals surface area (Å²) in [4.78, 5) is 25.4. The second-order valence-corrected chi connectivity index (χ2v) is 10.5. The zero-order valence-corrected chi connectivity index (χ0v) is 23.7. The topological polar surface area (TPSA) is 85.9 Å². The third-order valence-corrected chi connectivity index (χ3v) is 5.91. The van der Waals surface area contributed by atoms with Crippen LogP contribution in [0.2, 0.25) is 5.02 Å². The minimum atomic E-state index is -0.666. The highest BCUT2D eigenvalue weighted by atomic mass is 35.5. The van der Waals surface area contributed by atoms with E-state index in [4.69, 9.17) is 25.8 Å². The molecule has 2 unspecified atom stereocenters. The highest BCUT2D eigenvalue weighted by Gasteiger charge is 2.27. The number of methoxy groups -OCH3 is 1. The molecule has 210 valence electrons. The average molecular weight is 551 g/mol. The number of carbonyl (C=O) groups is 2. The monoisotopic (exact) mass is 550 g/mol. The average Bonchev–Trinajstić information content (AvgIpc) is 2.84. The van der Waals surface area contributed by atoms with Crippen molar-refractivity contribution in [1.82, 2.24) is 10.6 Å². The molecule has 0 aliphatic heterocycles. The van der Waals surface area contributed by atoms with E-state index in [1.807, 2.05) is 24.3 Å². The lowest BCUT2D eigenvalue weighted by Crippen LogP contribution is -2.43. The number of nitrogens with one attached hydrogen (secondary N) is 2. The van der Waals surface area contributed by atoms with Gasteiger partial charge in [0.1, 0.15) is 11.4 Å². The molecule has 0 aromatic heterocycles. The van der Waals surface area contributed by atoms with E-state index < -0.39 is 23.7 Å². The van der Waals surface area contributed by atoms with Crippen LogP contribution < -0.4 is 10.6 Å². The molecule has 2 atom stereocenters. The number of esters is 1. The number of amides is 1. The molecule has 9 heteroatoms. The Kier molecular flexibility index (Phi) is 13.0. The van der Waals surface area contributed by atoms with Crippen LogP contribution in [0.25, 0.3) is 11.1 Å². The molecule has 0 saturated heterocycles. The Labute approximate surface area is 230 Å². The normalized spacial score (nSPS) is 13.0. The second kappa shape index (κ2) is 15.7. The summed E-state index contributed by atoms with van der Waals surface area (Å²) in [5.74, 6) is -1.16. The van der Waals surface area contributed by atoms with E-state index in [1.54, 1.807) is 40.9 Å². The molecule has 0 aliphatic carbocycles. The largest absolute Gasteiger partial charge is 0.466 e. The summed E-state index contributed by atoms with van der Waals surface area (Å²) in [6.07, 6.45) is 1.04. The molecule has 2 N–H and O–H groups in total. The van der Waals surface area contributed by atoms with Crippen molar-refractivity contribution in [3.63, 3.8) is 0 Å². The van der Waals surface area contributed by atoms with Gasteiger partial charge in [-0.1, -0.05) is 35.9 Å². The zero-order valence-electron chi connectivity index (χ0n) is 22.9. The highest BCUT2D eigenvalue weighted by molar-refractivity contribution is 6.30. The fraction of sp³-hybridized carbons (Fsp3) is 0.517. The van der Waals surface area contributed by atoms with E-state index in [-0.39, 0.29) is 18.4 Å². The van der Waals surface area contributed by atoms with Crippen LogP contribution in [0.5, 0.6) is 0 Å². The van der Waals surface area contributed by atoms with E-state index in [0.717, 1.165) is 12.0 Å². The summed E-state index contributed by atoms with van der Waals surface area (Å²) in [5, 5.41) is 6.67. The second-order valence-electron chi connectivity index (χ2n) is 10.1. The third-order valence-electron chi connectivity index (χ3n) is 5.68. The van der Waals surface area contributed by atoms with Crippen LogP contribution in [-0.2, 0) is 25.4 Å². The summed E-state index contributed by atoms with van der Waals surface area (Å²) in [5.41, 5.74) is 1.35. The zero-order chi connectivity index (χ0) is 28.1. The third kappa shape index (κ3) is 11.4. The molecule has 0 fully saturated rings. The van der Waals surface area contributed by atoms with Gasteiger partial charge in [0.15, 0.2) is 0 Å². The van der Waals surface area contributed by atoms with E-state index in [1.165, 1.54) is 12.1 Å². The molecule has 0 aliphatic rings. The Hall–Kier alpha value is -2.68. The van der Waals surface area contributed by atoms with Crippen molar-refractivity contribution in [2.75, 3.05) is 33.4 Å². The van der Waals surface area contributed by atoms with E-state index in [0.29, 0.717) is 48.7 Å². The Morgan fingerprint density at radius 3 is 2.45 bits per heavy atom. The van der Waals surface area contributed by atoms with Gasteiger partial charge in [0.05, 0.1) is 12.5 Å². The van der Waals surface area contributed by atoms with Gasteiger partial charge in [-0.25, -0.2) is 9.18 Å². The van der Waals surface area contributed by atoms with Crippen molar-refractivity contribution in [3.8, 4) is 11.1 Å². The summed E-state index contributed by atoms with van der Waals surface area (Å²) in [7, 11) is 1.65. The number of hydrogen-bond donors (Lipinski definition) is 2. The van der Waals surface area contributed by atoms with Gasteiger partial charge in [0, 0.05) is 36.9 Å². The molecule has 0 radical (unpaired) electrons. The molecular weight excluding hydrogens is 511 g/mol. The molecule has 0 spiro atoms. The lowest BCUT2D eigenvalue weighted by molar-refractivity contribution is -0.148. The van der Waals surface area contributed by atoms with Gasteiger partial charge >= 0.3 is 12.1 Å². The fourth-order valence-corrected chi connectivity index (χ4v) is 4.15. The van der Waals surface area contributed by atoms with E-state index in [9.17, 15) is 14.0 Å². The lowest BCUT2D eigenvalue weighted by Gasteiger charge is -2.26. The summed E-state index contributed by atoms with van der Waals surface area (Å²) >= 11 is 6.05. The lowest BCUT2D eigenvalue weighted by atomic mass is 9.93. The predicted octanol–water partition coefficient (Wildman–Crippen LogP) is 5.78. The molecule has 1 amide bonds. The highest BCUT2D eigenvalue weighted by Crippen LogP contribution is 2.27. The molecule has 38 heavy (non-hydrogen) atoms. The van der Waals surface area contributed by atoms with Crippen molar-refractivity contribution < 1.29 is 28.2 Å². The molecule has 2 aromatic carbocycles. The molecule has 7 nitrogen and oxygen atoms in total. The Bertz CT molecular complexity index is 1030. The van der Waals surface area contributed by atoms with Crippen LogP contribution in [0.15, 0.2) is 42.5 Å². The van der Waals surface area contributed by atoms with Gasteiger partial charge < -0.3 is 24.8 Å². The van der Waals surface area contributed by atoms with Crippen LogP contribution in [-0.4, -0.2) is 57.1 Å². The molecular formula is C29H40ClFN2O5. The number of rotatable bonds is 14. The van der Waals surface area contributed by atoms with Crippen molar-refractivity contribution in [1.29, 1.82) is 0 Å². The number of hydrogen-bond acceptors (Lipinski definition) is 6. The summed E-state index contributed by atoms with van der Waals surface area (Å²) in [6, 6.07) is 11.4. The van der Waals surface area contributed by atoms with Gasteiger partial charge in [-0.15, -0.1) is 0 Å². The maximum absolute atomic E-state index is 14.3. The first kappa shape index (κ1) is 31.5. The quantitative estimate of drug-likeness (QED) is 0.229. The van der Waals surface area contributed by atoms with Crippen LogP contribution in [0.1, 0.15) is 46.1 Å². The Morgan fingerprint density at radius 1 is 1.11 bits per heavy atom. The number of ether oxygens (including phenoxy) is 3. The number of halogens is 2. The minimum absolute atomic E-state index is 0.269. The van der Waals surface area contributed by atoms with E-state index >= 15 is 0 Å². The predicted molar refractivity (Wildman–Crippen MR) is 148 cm³/mol. The van der Waals surface area contributed by atoms with Crippen molar-refractivity contribution in [2.45, 2.75) is 58.6 Å². The Morgan fingerprint density at radius 2 is 1.82 bits per heavy atom. The summed E-state index contributed by atoms with van der Waals surface area (Å²) < 4.78 is 30.2. The van der Waals surface area contributed by atoms with Gasteiger partial charge in [-0.2, -0.15) is 0 Å². The number of benzene rings is 2. The Balaban J connectivity index is 2.21. The molecule has 0 saturated carbocycles. The first-order valence-electron chi connectivity index (χ1n) is 12.9. The first-order valence-corrected chi connectivity index (χ1v) is 13.3. The minimum Gasteiger partial charge on any atom is -0.466 e. The SMILES string of the molecule is CCOC(=O)C(CNCCCOC)CC(Cc1ccc(-c2cc(Cl)ccc2F)cc1)NC(=O)OC(C)(C)C. The van der Waals surface area contributed by atoms with Crippen molar-refractivity contribution in [2.24, 2.45) is 5.92 Å². The first-order chi connectivity index (χ1) is 18.0. The standard InChI is InChI=1S/C29H40ClFN2O5/c1-6-37-27(34)22(19-32-14-7-15-36-5)17-24(33-28(35)38-29(2,3)4)16-20-8-10-21(11-9-20)25-18-23(30)12-13-26(25)31/h8-13,18,22,24,32H,6-7,14-17,19H2,1-5H3,(H,33,35).